The zero-order valence-electron chi connectivity index (χ0n) is 13.4. The van der Waals surface area contributed by atoms with E-state index >= 15 is 0 Å². The van der Waals surface area contributed by atoms with Crippen molar-refractivity contribution in [1.29, 1.82) is 0 Å². The van der Waals surface area contributed by atoms with E-state index in [2.05, 4.69) is 4.98 Å². The first-order valence-electron chi connectivity index (χ1n) is 7.60. The van der Waals surface area contributed by atoms with Gasteiger partial charge in [0.25, 0.3) is 0 Å². The lowest BCUT2D eigenvalue weighted by Crippen LogP contribution is -2.16. The zero-order valence-corrected chi connectivity index (χ0v) is 15.0. The molecule has 1 aliphatic rings. The highest BCUT2D eigenvalue weighted by Crippen LogP contribution is 2.33. The Morgan fingerprint density at radius 2 is 2.08 bits per heavy atom. The first-order valence-corrected chi connectivity index (χ1v) is 9.87. The van der Waals surface area contributed by atoms with Crippen molar-refractivity contribution in [1.82, 2.24) is 9.55 Å². The second-order valence-corrected chi connectivity index (χ2v) is 8.25. The molecule has 0 saturated carbocycles. The second kappa shape index (κ2) is 6.01. The molecular weight excluding hydrogens is 364 g/mol. The number of nitrogens with zero attached hydrogens (tertiary/aromatic N) is 2. The topological polar surface area (TPSA) is 70.4 Å². The summed E-state index contributed by atoms with van der Waals surface area (Å²) in [6, 6.07) is 10.9. The SMILES string of the molecule is CS(=O)(=O)c1nc2ccccc2n1Cc1cc(Cl)cc2c1OCOC2. The molecule has 2 aromatic carbocycles. The van der Waals surface area contributed by atoms with Crippen molar-refractivity contribution in [2.45, 2.75) is 18.3 Å². The summed E-state index contributed by atoms with van der Waals surface area (Å²) in [5.41, 5.74) is 3.00. The van der Waals surface area contributed by atoms with E-state index in [0.29, 0.717) is 22.9 Å². The number of sulfone groups is 1. The van der Waals surface area contributed by atoms with Crippen molar-refractivity contribution in [3.8, 4) is 5.75 Å². The highest BCUT2D eigenvalue weighted by molar-refractivity contribution is 7.90. The van der Waals surface area contributed by atoms with Gasteiger partial charge in [-0.3, -0.25) is 0 Å². The molecule has 3 aromatic rings. The van der Waals surface area contributed by atoms with Crippen molar-refractivity contribution in [2.24, 2.45) is 0 Å². The largest absolute Gasteiger partial charge is 0.467 e. The molecule has 0 amide bonds. The number of benzene rings is 2. The molecule has 0 unspecified atom stereocenters. The van der Waals surface area contributed by atoms with Crippen LogP contribution >= 0.6 is 11.6 Å². The molecule has 0 aliphatic carbocycles. The molecule has 130 valence electrons. The summed E-state index contributed by atoms with van der Waals surface area (Å²) in [5.74, 6) is 0.688. The van der Waals surface area contributed by atoms with Crippen molar-refractivity contribution >= 4 is 32.5 Å². The summed E-state index contributed by atoms with van der Waals surface area (Å²) in [4.78, 5) is 4.29. The molecule has 25 heavy (non-hydrogen) atoms. The maximum atomic E-state index is 12.2. The van der Waals surface area contributed by atoms with Crippen LogP contribution in [0.1, 0.15) is 11.1 Å². The van der Waals surface area contributed by atoms with Gasteiger partial charge in [-0.05, 0) is 24.3 Å². The third kappa shape index (κ3) is 2.99. The normalized spacial score (nSPS) is 14.3. The van der Waals surface area contributed by atoms with Gasteiger partial charge in [-0.1, -0.05) is 23.7 Å². The highest BCUT2D eigenvalue weighted by atomic mass is 35.5. The van der Waals surface area contributed by atoms with Gasteiger partial charge in [0.05, 0.1) is 24.2 Å². The Kier molecular flexibility index (Phi) is 3.94. The summed E-state index contributed by atoms with van der Waals surface area (Å²) in [6.07, 6.45) is 1.16. The predicted molar refractivity (Wildman–Crippen MR) is 93.7 cm³/mol. The number of rotatable bonds is 3. The van der Waals surface area contributed by atoms with Gasteiger partial charge in [-0.15, -0.1) is 0 Å². The van der Waals surface area contributed by atoms with Crippen LogP contribution in [0.3, 0.4) is 0 Å². The molecule has 0 bridgehead atoms. The number of para-hydroxylation sites is 2. The Hall–Kier alpha value is -2.09. The summed E-state index contributed by atoms with van der Waals surface area (Å²) < 4.78 is 37.0. The number of hydrogen-bond donors (Lipinski definition) is 0. The summed E-state index contributed by atoms with van der Waals surface area (Å²) >= 11 is 6.22. The Morgan fingerprint density at radius 3 is 2.88 bits per heavy atom. The van der Waals surface area contributed by atoms with Crippen LogP contribution in [0.2, 0.25) is 5.02 Å². The number of imidazole rings is 1. The van der Waals surface area contributed by atoms with E-state index in [0.717, 1.165) is 22.9 Å². The molecule has 8 heteroatoms. The molecule has 0 N–H and O–H groups in total. The molecule has 1 aliphatic heterocycles. The number of fused-ring (bicyclic) bond motifs is 2. The Morgan fingerprint density at radius 1 is 1.28 bits per heavy atom. The van der Waals surface area contributed by atoms with Crippen LogP contribution < -0.4 is 4.74 Å². The van der Waals surface area contributed by atoms with Crippen LogP contribution in [0.15, 0.2) is 41.6 Å². The molecule has 0 atom stereocenters. The minimum absolute atomic E-state index is 0.0227. The van der Waals surface area contributed by atoms with Gasteiger partial charge in [-0.25, -0.2) is 13.4 Å². The number of ether oxygens (including phenoxy) is 2. The molecule has 4 rings (SSSR count). The summed E-state index contributed by atoms with van der Waals surface area (Å²) in [5, 5.41) is 0.572. The molecule has 0 spiro atoms. The average molecular weight is 379 g/mol. The molecule has 0 fully saturated rings. The van der Waals surface area contributed by atoms with E-state index in [-0.39, 0.29) is 18.5 Å². The van der Waals surface area contributed by atoms with Gasteiger partial charge >= 0.3 is 0 Å². The zero-order chi connectivity index (χ0) is 17.6. The first kappa shape index (κ1) is 16.4. The van der Waals surface area contributed by atoms with Crippen LogP contribution in [-0.2, 0) is 27.7 Å². The fourth-order valence-electron chi connectivity index (χ4n) is 3.03. The lowest BCUT2D eigenvalue weighted by molar-refractivity contribution is -0.0170. The maximum absolute atomic E-state index is 12.2. The minimum Gasteiger partial charge on any atom is -0.467 e. The lowest BCUT2D eigenvalue weighted by Gasteiger charge is -2.21. The average Bonchev–Trinajstić information content (AvgIpc) is 2.94. The Balaban J connectivity index is 1.91. The van der Waals surface area contributed by atoms with Gasteiger partial charge in [0.15, 0.2) is 6.79 Å². The molecule has 2 heterocycles. The number of aromatic nitrogens is 2. The third-order valence-corrected chi connectivity index (χ3v) is 5.22. The van der Waals surface area contributed by atoms with Crippen molar-refractivity contribution in [3.63, 3.8) is 0 Å². The molecule has 6 nitrogen and oxygen atoms in total. The fraction of sp³-hybridized carbons (Fsp3) is 0.235. The summed E-state index contributed by atoms with van der Waals surface area (Å²) in [6.45, 7) is 0.851. The van der Waals surface area contributed by atoms with Crippen LogP contribution in [0.5, 0.6) is 5.75 Å². The third-order valence-electron chi connectivity index (χ3n) is 4.03. The number of hydrogen-bond acceptors (Lipinski definition) is 5. The van der Waals surface area contributed by atoms with Gasteiger partial charge in [-0.2, -0.15) is 0 Å². The van der Waals surface area contributed by atoms with Gasteiger partial charge in [0.2, 0.25) is 15.0 Å². The van der Waals surface area contributed by atoms with Gasteiger partial charge < -0.3 is 14.0 Å². The van der Waals surface area contributed by atoms with Crippen LogP contribution in [-0.4, -0.2) is 31.0 Å². The minimum atomic E-state index is -3.49. The summed E-state index contributed by atoms with van der Waals surface area (Å²) in [7, 11) is -3.49. The molecule has 1 aromatic heterocycles. The Labute approximate surface area is 149 Å². The predicted octanol–water partition coefficient (Wildman–Crippen LogP) is 3.01. The van der Waals surface area contributed by atoms with Crippen LogP contribution in [0.4, 0.5) is 0 Å². The van der Waals surface area contributed by atoms with E-state index in [1.807, 2.05) is 18.2 Å². The van der Waals surface area contributed by atoms with Crippen molar-refractivity contribution in [3.05, 3.63) is 52.5 Å². The van der Waals surface area contributed by atoms with E-state index in [1.165, 1.54) is 0 Å². The quantitative estimate of drug-likeness (QED) is 0.700. The standard InChI is InChI=1S/C17H15ClN2O4S/c1-25(21,22)17-19-14-4-2-3-5-15(14)20(17)8-11-6-13(18)7-12-9-23-10-24-16(11)12/h2-7H,8-10H2,1H3. The van der Waals surface area contributed by atoms with Crippen molar-refractivity contribution < 1.29 is 17.9 Å². The fourth-order valence-corrected chi connectivity index (χ4v) is 4.12. The van der Waals surface area contributed by atoms with Gasteiger partial charge in [0.1, 0.15) is 5.75 Å². The first-order chi connectivity index (χ1) is 11.9. The number of halogens is 1. The second-order valence-electron chi connectivity index (χ2n) is 5.91. The smallest absolute Gasteiger partial charge is 0.228 e. The van der Waals surface area contributed by atoms with E-state index in [1.54, 1.807) is 22.8 Å². The van der Waals surface area contributed by atoms with E-state index in [4.69, 9.17) is 21.1 Å². The van der Waals surface area contributed by atoms with Crippen molar-refractivity contribution in [2.75, 3.05) is 13.0 Å². The lowest BCUT2D eigenvalue weighted by atomic mass is 10.1. The molecule has 0 saturated heterocycles. The van der Waals surface area contributed by atoms with Crippen LogP contribution in [0, 0.1) is 0 Å². The van der Waals surface area contributed by atoms with E-state index in [9.17, 15) is 8.42 Å². The molecular formula is C17H15ClN2O4S. The highest BCUT2D eigenvalue weighted by Gasteiger charge is 2.22. The van der Waals surface area contributed by atoms with Gasteiger partial charge in [0, 0.05) is 22.4 Å². The molecule has 0 radical (unpaired) electrons. The maximum Gasteiger partial charge on any atom is 0.228 e. The Bertz CT molecular complexity index is 1080. The van der Waals surface area contributed by atoms with E-state index < -0.39 is 9.84 Å². The van der Waals surface area contributed by atoms with Crippen LogP contribution in [0.25, 0.3) is 11.0 Å². The monoisotopic (exact) mass is 378 g/mol.